The first kappa shape index (κ1) is 8.46. The lowest BCUT2D eigenvalue weighted by Crippen LogP contribution is -2.40. The molecule has 0 aliphatic carbocycles. The molecular formula is C6H5IN2O2. The number of carbonyl (C=O) groups is 2. The summed E-state index contributed by atoms with van der Waals surface area (Å²) >= 11 is 1.78. The molecule has 1 unspecified atom stereocenters. The molecule has 0 aromatic carbocycles. The zero-order chi connectivity index (χ0) is 8.43. The average molecular weight is 264 g/mol. The zero-order valence-corrected chi connectivity index (χ0v) is 7.74. The highest BCUT2D eigenvalue weighted by Gasteiger charge is 2.33. The third-order valence-corrected chi connectivity index (χ3v) is 2.44. The van der Waals surface area contributed by atoms with Crippen molar-refractivity contribution in [2.45, 2.75) is 6.42 Å². The van der Waals surface area contributed by atoms with Gasteiger partial charge in [-0.2, -0.15) is 5.26 Å². The molecule has 1 heterocycles. The van der Waals surface area contributed by atoms with Gasteiger partial charge in [-0.3, -0.25) is 12.7 Å². The number of piperidine rings is 1. The average Bonchev–Trinajstić information content (AvgIpc) is 2.01. The van der Waals surface area contributed by atoms with Crippen LogP contribution in [0, 0.1) is 17.2 Å². The Labute approximate surface area is 77.7 Å². The zero-order valence-electron chi connectivity index (χ0n) is 5.58. The van der Waals surface area contributed by atoms with Crippen molar-refractivity contribution in [2.24, 2.45) is 5.92 Å². The SMILES string of the molecule is N#CC1CCN(I)C(=O)C1=O. The van der Waals surface area contributed by atoms with Crippen LogP contribution in [-0.4, -0.2) is 21.3 Å². The summed E-state index contributed by atoms with van der Waals surface area (Å²) in [6.07, 6.45) is 0.462. The number of hydrogen-bond acceptors (Lipinski definition) is 3. The van der Waals surface area contributed by atoms with Gasteiger partial charge in [0, 0.05) is 6.54 Å². The van der Waals surface area contributed by atoms with E-state index in [1.165, 1.54) is 3.11 Å². The van der Waals surface area contributed by atoms with Crippen LogP contribution in [0.1, 0.15) is 6.42 Å². The Morgan fingerprint density at radius 2 is 2.27 bits per heavy atom. The first-order valence-corrected chi connectivity index (χ1v) is 4.04. The highest BCUT2D eigenvalue weighted by atomic mass is 127. The summed E-state index contributed by atoms with van der Waals surface area (Å²) in [5, 5.41) is 8.42. The van der Waals surface area contributed by atoms with E-state index in [0.717, 1.165) is 0 Å². The number of halogens is 1. The van der Waals surface area contributed by atoms with Gasteiger partial charge in [0.1, 0.15) is 5.92 Å². The topological polar surface area (TPSA) is 61.2 Å². The van der Waals surface area contributed by atoms with Gasteiger partial charge in [-0.25, -0.2) is 0 Å². The van der Waals surface area contributed by atoms with E-state index in [-0.39, 0.29) is 0 Å². The molecule has 0 aromatic heterocycles. The maximum atomic E-state index is 10.9. The molecule has 58 valence electrons. The summed E-state index contributed by atoms with van der Waals surface area (Å²) in [7, 11) is 0. The number of amides is 1. The molecule has 5 heteroatoms. The number of ketones is 1. The Morgan fingerprint density at radius 3 is 2.82 bits per heavy atom. The highest BCUT2D eigenvalue weighted by Crippen LogP contribution is 2.16. The maximum Gasteiger partial charge on any atom is 0.299 e. The Kier molecular flexibility index (Phi) is 2.44. The fourth-order valence-corrected chi connectivity index (χ4v) is 1.38. The Balaban J connectivity index is 2.77. The van der Waals surface area contributed by atoms with Crippen LogP contribution in [0.5, 0.6) is 0 Å². The van der Waals surface area contributed by atoms with Crippen molar-refractivity contribution in [3.05, 3.63) is 0 Å². The predicted molar refractivity (Wildman–Crippen MR) is 44.5 cm³/mol. The number of rotatable bonds is 0. The van der Waals surface area contributed by atoms with Crippen LogP contribution < -0.4 is 0 Å². The Bertz CT molecular complexity index is 245. The third-order valence-electron chi connectivity index (χ3n) is 1.52. The number of carbonyl (C=O) groups excluding carboxylic acids is 2. The second-order valence-electron chi connectivity index (χ2n) is 2.23. The van der Waals surface area contributed by atoms with Gasteiger partial charge < -0.3 is 0 Å². The molecule has 1 amide bonds. The molecule has 0 radical (unpaired) electrons. The van der Waals surface area contributed by atoms with Gasteiger partial charge in [0.05, 0.1) is 28.9 Å². The van der Waals surface area contributed by atoms with Gasteiger partial charge in [0.2, 0.25) is 5.78 Å². The number of nitriles is 1. The summed E-state index contributed by atoms with van der Waals surface area (Å²) in [5.41, 5.74) is 0. The first-order valence-electron chi connectivity index (χ1n) is 3.08. The molecule has 11 heavy (non-hydrogen) atoms. The van der Waals surface area contributed by atoms with E-state index >= 15 is 0 Å². The lowest BCUT2D eigenvalue weighted by molar-refractivity contribution is -0.144. The van der Waals surface area contributed by atoms with E-state index in [4.69, 9.17) is 5.26 Å². The molecule has 0 saturated carbocycles. The number of hydrogen-bond donors (Lipinski definition) is 0. The quantitative estimate of drug-likeness (QED) is 0.358. The van der Waals surface area contributed by atoms with Crippen molar-refractivity contribution in [3.8, 4) is 6.07 Å². The van der Waals surface area contributed by atoms with Gasteiger partial charge in [-0.15, -0.1) is 0 Å². The fraction of sp³-hybridized carbons (Fsp3) is 0.500. The van der Waals surface area contributed by atoms with Crippen LogP contribution in [0.25, 0.3) is 0 Å². The first-order chi connectivity index (χ1) is 5.16. The summed E-state index contributed by atoms with van der Waals surface area (Å²) in [5.74, 6) is -1.84. The van der Waals surface area contributed by atoms with Crippen LogP contribution >= 0.6 is 22.9 Å². The van der Waals surface area contributed by atoms with Crippen molar-refractivity contribution < 1.29 is 9.59 Å². The maximum absolute atomic E-state index is 10.9. The summed E-state index contributed by atoms with van der Waals surface area (Å²) in [6.45, 7) is 0.489. The second-order valence-corrected chi connectivity index (χ2v) is 3.39. The van der Waals surface area contributed by atoms with Crippen molar-refractivity contribution in [3.63, 3.8) is 0 Å². The lowest BCUT2D eigenvalue weighted by Gasteiger charge is -2.21. The monoisotopic (exact) mass is 264 g/mol. The molecule has 1 atom stereocenters. The van der Waals surface area contributed by atoms with Crippen LogP contribution in [0.15, 0.2) is 0 Å². The van der Waals surface area contributed by atoms with Crippen LogP contribution in [0.3, 0.4) is 0 Å². The van der Waals surface area contributed by atoms with Crippen LogP contribution in [-0.2, 0) is 9.59 Å². The molecule has 0 aromatic rings. The van der Waals surface area contributed by atoms with E-state index < -0.39 is 17.6 Å². The van der Waals surface area contributed by atoms with Gasteiger partial charge in [-0.05, 0) is 6.42 Å². The molecule has 1 rings (SSSR count). The van der Waals surface area contributed by atoms with Crippen molar-refractivity contribution in [1.29, 1.82) is 5.26 Å². The predicted octanol–water partition coefficient (Wildman–Crippen LogP) is 0.278. The minimum absolute atomic E-state index is 0.462. The summed E-state index contributed by atoms with van der Waals surface area (Å²) in [4.78, 5) is 21.9. The third kappa shape index (κ3) is 1.50. The molecule has 1 aliphatic rings. The molecule has 0 spiro atoms. The molecule has 0 bridgehead atoms. The molecule has 1 fully saturated rings. The summed E-state index contributed by atoms with van der Waals surface area (Å²) in [6, 6.07) is 1.80. The fourth-order valence-electron chi connectivity index (χ4n) is 0.867. The second kappa shape index (κ2) is 3.17. The van der Waals surface area contributed by atoms with Crippen molar-refractivity contribution in [2.75, 3.05) is 6.54 Å². The molecule has 1 saturated heterocycles. The van der Waals surface area contributed by atoms with Gasteiger partial charge in [-0.1, -0.05) is 0 Å². The van der Waals surface area contributed by atoms with E-state index in [9.17, 15) is 9.59 Å². The van der Waals surface area contributed by atoms with E-state index in [1.807, 2.05) is 0 Å². The van der Waals surface area contributed by atoms with Crippen molar-refractivity contribution >= 4 is 34.6 Å². The largest absolute Gasteiger partial charge is 0.299 e. The van der Waals surface area contributed by atoms with Crippen molar-refractivity contribution in [1.82, 2.24) is 3.11 Å². The molecule has 4 nitrogen and oxygen atoms in total. The number of Topliss-reactive ketones (excluding diaryl/α,β-unsaturated/α-hetero) is 1. The smallest absolute Gasteiger partial charge is 0.287 e. The van der Waals surface area contributed by atoms with Crippen LogP contribution in [0.2, 0.25) is 0 Å². The van der Waals surface area contributed by atoms with Gasteiger partial charge in [0.15, 0.2) is 0 Å². The standard InChI is InChI=1S/C6H5IN2O2/c7-9-2-1-4(3-8)5(10)6(9)11/h4H,1-2H2. The normalized spacial score (nSPS) is 25.1. The summed E-state index contributed by atoms with van der Waals surface area (Å²) < 4.78 is 1.31. The lowest BCUT2D eigenvalue weighted by atomic mass is 9.98. The van der Waals surface area contributed by atoms with E-state index in [2.05, 4.69) is 0 Å². The minimum atomic E-state index is -0.714. The Hall–Kier alpha value is -0.640. The molecular weight excluding hydrogens is 259 g/mol. The number of nitrogens with zero attached hydrogens (tertiary/aromatic N) is 2. The highest BCUT2D eigenvalue weighted by molar-refractivity contribution is 14.1. The molecule has 1 aliphatic heterocycles. The van der Waals surface area contributed by atoms with Gasteiger partial charge >= 0.3 is 0 Å². The van der Waals surface area contributed by atoms with Gasteiger partial charge in [0.25, 0.3) is 5.91 Å². The van der Waals surface area contributed by atoms with E-state index in [0.29, 0.717) is 13.0 Å². The van der Waals surface area contributed by atoms with Crippen LogP contribution in [0.4, 0.5) is 0 Å². The Morgan fingerprint density at radius 1 is 1.64 bits per heavy atom. The van der Waals surface area contributed by atoms with E-state index in [1.54, 1.807) is 28.9 Å². The minimum Gasteiger partial charge on any atom is -0.287 e. The molecule has 0 N–H and O–H groups in total.